The van der Waals surface area contributed by atoms with E-state index in [2.05, 4.69) is 47.4 Å². The van der Waals surface area contributed by atoms with Crippen LogP contribution >= 0.6 is 0 Å². The normalized spacial score (nSPS) is 23.7. The van der Waals surface area contributed by atoms with E-state index in [1.165, 1.54) is 12.8 Å². The lowest BCUT2D eigenvalue weighted by Gasteiger charge is -2.33. The number of fused-ring (bicyclic) bond motifs is 1. The van der Waals surface area contributed by atoms with Crippen LogP contribution in [0.1, 0.15) is 88.7 Å². The highest BCUT2D eigenvalue weighted by atomic mass is 16.5. The van der Waals surface area contributed by atoms with E-state index in [9.17, 15) is 4.79 Å². The molecule has 1 amide bonds. The summed E-state index contributed by atoms with van der Waals surface area (Å²) in [5, 5.41) is 3.55. The summed E-state index contributed by atoms with van der Waals surface area (Å²) in [5.41, 5.74) is 3.09. The van der Waals surface area contributed by atoms with Crippen molar-refractivity contribution in [1.82, 2.24) is 14.9 Å². The molecule has 240 valence electrons. The van der Waals surface area contributed by atoms with Gasteiger partial charge in [0.1, 0.15) is 11.5 Å². The van der Waals surface area contributed by atoms with Gasteiger partial charge in [-0.3, -0.25) is 4.79 Å². The molecule has 2 aliphatic heterocycles. The molecule has 0 aromatic carbocycles. The minimum Gasteiger partial charge on any atom is -0.374 e. The summed E-state index contributed by atoms with van der Waals surface area (Å²) in [7, 11) is 0. The van der Waals surface area contributed by atoms with Crippen molar-refractivity contribution in [2.24, 2.45) is 5.92 Å². The Labute approximate surface area is 269 Å². The second kappa shape index (κ2) is 15.1. The SMILES string of the molecule is C#CCCCCCOC1(C)C=CC(/C=C/C=C(\C=C/C)Nc2nc(N3CCOC(C4CC4)C3)nc3c2CN(C(C)C)C3=O)=CC1. The third-order valence-electron chi connectivity index (χ3n) is 8.88. The summed E-state index contributed by atoms with van der Waals surface area (Å²) < 4.78 is 12.2. The molecule has 0 spiro atoms. The quantitative estimate of drug-likeness (QED) is 0.142. The largest absolute Gasteiger partial charge is 0.374 e. The monoisotopic (exact) mass is 611 g/mol. The van der Waals surface area contributed by atoms with Gasteiger partial charge in [0.15, 0.2) is 0 Å². The van der Waals surface area contributed by atoms with Crippen molar-refractivity contribution in [3.8, 4) is 12.3 Å². The van der Waals surface area contributed by atoms with Crippen LogP contribution in [0.3, 0.4) is 0 Å². The molecule has 45 heavy (non-hydrogen) atoms. The van der Waals surface area contributed by atoms with Gasteiger partial charge in [-0.1, -0.05) is 42.9 Å². The number of allylic oxidation sites excluding steroid dienone is 7. The van der Waals surface area contributed by atoms with E-state index in [-0.39, 0.29) is 23.7 Å². The Morgan fingerprint density at radius 3 is 2.84 bits per heavy atom. The van der Waals surface area contributed by atoms with Crippen molar-refractivity contribution in [2.75, 3.05) is 36.5 Å². The van der Waals surface area contributed by atoms with Gasteiger partial charge in [0, 0.05) is 43.4 Å². The predicted octanol–water partition coefficient (Wildman–Crippen LogP) is 6.74. The summed E-state index contributed by atoms with van der Waals surface area (Å²) in [5.74, 6) is 4.56. The smallest absolute Gasteiger partial charge is 0.273 e. The standard InChI is InChI=1S/C37H49N5O3/c1-6-8-9-10-11-23-45-37(5)20-18-28(19-21-37)14-12-15-30(13-7-2)38-34-31-25-42(27(3)4)35(43)33(31)39-36(40-34)41-22-24-44-32(26-41)29-16-17-29/h1,7,12-15,18-20,27,29,32H,8-11,16-17,21-26H2,2-5H3,(H,38,39,40)/b13-7-,14-12+,30-15+. The van der Waals surface area contributed by atoms with Gasteiger partial charge < -0.3 is 24.6 Å². The van der Waals surface area contributed by atoms with Crippen molar-refractivity contribution in [2.45, 2.75) is 96.9 Å². The molecule has 4 aliphatic rings. The number of rotatable bonds is 14. The number of nitrogens with zero attached hydrogens (tertiary/aromatic N) is 4. The van der Waals surface area contributed by atoms with Gasteiger partial charge in [-0.2, -0.15) is 4.98 Å². The van der Waals surface area contributed by atoms with Crippen LogP contribution in [-0.2, 0) is 16.0 Å². The van der Waals surface area contributed by atoms with Crippen LogP contribution in [0.2, 0.25) is 0 Å². The van der Waals surface area contributed by atoms with Gasteiger partial charge in [-0.05, 0) is 83.4 Å². The Kier molecular flexibility index (Phi) is 11.0. The molecule has 2 atom stereocenters. The van der Waals surface area contributed by atoms with Crippen molar-refractivity contribution in [3.63, 3.8) is 0 Å². The highest BCUT2D eigenvalue weighted by molar-refractivity contribution is 5.98. The van der Waals surface area contributed by atoms with Gasteiger partial charge in [-0.25, -0.2) is 4.98 Å². The molecule has 1 aromatic heterocycles. The molecule has 3 heterocycles. The second-order valence-electron chi connectivity index (χ2n) is 12.9. The molecule has 1 saturated carbocycles. The lowest BCUT2D eigenvalue weighted by molar-refractivity contribution is 0.00480. The summed E-state index contributed by atoms with van der Waals surface area (Å²) in [6, 6.07) is 0.0714. The van der Waals surface area contributed by atoms with Gasteiger partial charge >= 0.3 is 0 Å². The summed E-state index contributed by atoms with van der Waals surface area (Å²) >= 11 is 0. The van der Waals surface area contributed by atoms with E-state index in [4.69, 9.17) is 25.9 Å². The van der Waals surface area contributed by atoms with E-state index >= 15 is 0 Å². The number of carbonyl (C=O) groups is 1. The minimum absolute atomic E-state index is 0.0361. The topological polar surface area (TPSA) is 79.8 Å². The molecule has 0 bridgehead atoms. The van der Waals surface area contributed by atoms with Gasteiger partial charge in [0.25, 0.3) is 5.91 Å². The average Bonchev–Trinajstić information content (AvgIpc) is 3.83. The molecule has 1 N–H and O–H groups in total. The Hall–Kier alpha value is -3.67. The van der Waals surface area contributed by atoms with Crippen molar-refractivity contribution in [3.05, 3.63) is 71.1 Å². The highest BCUT2D eigenvalue weighted by Gasteiger charge is 2.38. The first-order chi connectivity index (χ1) is 21.8. The van der Waals surface area contributed by atoms with E-state index in [0.29, 0.717) is 43.1 Å². The summed E-state index contributed by atoms with van der Waals surface area (Å²) in [6.45, 7) is 11.6. The Morgan fingerprint density at radius 2 is 2.13 bits per heavy atom. The van der Waals surface area contributed by atoms with Crippen molar-refractivity contribution in [1.29, 1.82) is 0 Å². The average molecular weight is 612 g/mol. The second-order valence-corrected chi connectivity index (χ2v) is 12.9. The molecule has 5 rings (SSSR count). The Morgan fingerprint density at radius 1 is 1.29 bits per heavy atom. The van der Waals surface area contributed by atoms with Gasteiger partial charge in [0.2, 0.25) is 5.95 Å². The van der Waals surface area contributed by atoms with E-state index in [1.807, 2.05) is 50.0 Å². The molecule has 2 unspecified atom stereocenters. The Bertz CT molecular complexity index is 1410. The van der Waals surface area contributed by atoms with Crippen LogP contribution in [0.4, 0.5) is 11.8 Å². The molecule has 1 saturated heterocycles. The third-order valence-corrected chi connectivity index (χ3v) is 8.88. The highest BCUT2D eigenvalue weighted by Crippen LogP contribution is 2.37. The maximum atomic E-state index is 13.4. The number of hydrogen-bond acceptors (Lipinski definition) is 7. The maximum absolute atomic E-state index is 13.4. The van der Waals surface area contributed by atoms with Crippen LogP contribution in [0.15, 0.2) is 59.9 Å². The number of ether oxygens (including phenoxy) is 2. The number of hydrogen-bond donors (Lipinski definition) is 1. The number of nitrogens with one attached hydrogen (secondary N) is 1. The third kappa shape index (κ3) is 8.53. The molecule has 2 fully saturated rings. The first kappa shape index (κ1) is 32.7. The van der Waals surface area contributed by atoms with Crippen LogP contribution in [0.5, 0.6) is 0 Å². The lowest BCUT2D eigenvalue weighted by Crippen LogP contribution is -2.44. The van der Waals surface area contributed by atoms with Crippen molar-refractivity contribution < 1.29 is 14.3 Å². The predicted molar refractivity (Wildman–Crippen MR) is 181 cm³/mol. The van der Waals surface area contributed by atoms with Crippen molar-refractivity contribution >= 4 is 17.7 Å². The van der Waals surface area contributed by atoms with Crippen LogP contribution < -0.4 is 10.2 Å². The fourth-order valence-electron chi connectivity index (χ4n) is 5.94. The van der Waals surface area contributed by atoms with Gasteiger partial charge in [-0.15, -0.1) is 12.3 Å². The number of amides is 1. The van der Waals surface area contributed by atoms with E-state index in [0.717, 1.165) is 62.1 Å². The number of anilines is 2. The Balaban J connectivity index is 1.29. The van der Waals surface area contributed by atoms with Crippen LogP contribution in [0, 0.1) is 18.3 Å². The number of aromatic nitrogens is 2. The zero-order valence-electron chi connectivity index (χ0n) is 27.4. The first-order valence-electron chi connectivity index (χ1n) is 16.6. The number of morpholine rings is 1. The molecule has 8 nitrogen and oxygen atoms in total. The number of terminal acetylenes is 1. The van der Waals surface area contributed by atoms with Crippen LogP contribution in [-0.4, -0.2) is 64.8 Å². The first-order valence-corrected chi connectivity index (χ1v) is 16.6. The number of unbranched alkanes of at least 4 members (excludes halogenated alkanes) is 3. The van der Waals surface area contributed by atoms with E-state index < -0.39 is 0 Å². The van der Waals surface area contributed by atoms with Crippen LogP contribution in [0.25, 0.3) is 0 Å². The molecular formula is C37H49N5O3. The molecule has 2 aliphatic carbocycles. The molecule has 8 heteroatoms. The van der Waals surface area contributed by atoms with E-state index in [1.54, 1.807) is 0 Å². The zero-order chi connectivity index (χ0) is 31.8. The fraction of sp³-hybridized carbons (Fsp3) is 0.541. The fourth-order valence-corrected chi connectivity index (χ4v) is 5.94. The summed E-state index contributed by atoms with van der Waals surface area (Å²) in [6.07, 6.45) is 29.6. The lowest BCUT2D eigenvalue weighted by atomic mass is 9.93. The summed E-state index contributed by atoms with van der Waals surface area (Å²) in [4.78, 5) is 27.3. The minimum atomic E-state index is -0.275. The molecule has 0 radical (unpaired) electrons. The molecule has 1 aromatic rings. The zero-order valence-corrected chi connectivity index (χ0v) is 27.4. The number of carbonyl (C=O) groups excluding carboxylic acids is 1. The molecular weight excluding hydrogens is 562 g/mol. The maximum Gasteiger partial charge on any atom is 0.273 e. The van der Waals surface area contributed by atoms with Gasteiger partial charge in [0.05, 0.1) is 24.9 Å².